The van der Waals surface area contributed by atoms with Crippen molar-refractivity contribution in [2.45, 2.75) is 25.9 Å². The van der Waals surface area contributed by atoms with Gasteiger partial charge in [-0.25, -0.2) is 4.79 Å². The minimum absolute atomic E-state index is 0.163. The molecule has 0 aromatic heterocycles. The van der Waals surface area contributed by atoms with Gasteiger partial charge in [-0.2, -0.15) is 13.2 Å². The van der Waals surface area contributed by atoms with Crippen molar-refractivity contribution in [2.75, 3.05) is 25.0 Å². The lowest BCUT2D eigenvalue weighted by molar-refractivity contribution is -0.162. The Morgan fingerprint density at radius 2 is 1.96 bits per heavy atom. The van der Waals surface area contributed by atoms with Gasteiger partial charge in [-0.1, -0.05) is 17.7 Å². The molecule has 0 saturated carbocycles. The molecule has 0 radical (unpaired) electrons. The Morgan fingerprint density at radius 1 is 1.32 bits per heavy atom. The highest BCUT2D eigenvalue weighted by Gasteiger charge is 2.33. The lowest BCUT2D eigenvalue weighted by Gasteiger charge is -2.30. The standard InChI is InChI=1S/C16H18ClF3N2O3/c1-10-2-3-13(12(17)8-10)21-14(23)11-4-6-22(7-5-11)15(24)25-9-16(18,19)20/h2-3,8,11H,4-7,9H2,1H3,(H,21,23). The molecule has 0 spiro atoms. The molecule has 0 bridgehead atoms. The van der Waals surface area contributed by atoms with Crippen molar-refractivity contribution in [2.24, 2.45) is 5.92 Å². The van der Waals surface area contributed by atoms with Gasteiger partial charge in [0, 0.05) is 19.0 Å². The molecule has 1 aliphatic rings. The summed E-state index contributed by atoms with van der Waals surface area (Å²) in [6.45, 7) is 0.593. The lowest BCUT2D eigenvalue weighted by atomic mass is 9.96. The van der Waals surface area contributed by atoms with Crippen LogP contribution in [0.2, 0.25) is 5.02 Å². The minimum Gasteiger partial charge on any atom is -0.440 e. The zero-order chi connectivity index (χ0) is 18.6. The van der Waals surface area contributed by atoms with Crippen molar-refractivity contribution < 1.29 is 27.5 Å². The zero-order valence-electron chi connectivity index (χ0n) is 13.5. The number of alkyl halides is 3. The van der Waals surface area contributed by atoms with Crippen LogP contribution in [0.15, 0.2) is 18.2 Å². The fraction of sp³-hybridized carbons (Fsp3) is 0.500. The SMILES string of the molecule is Cc1ccc(NC(=O)C2CCN(C(=O)OCC(F)(F)F)CC2)c(Cl)c1. The zero-order valence-corrected chi connectivity index (χ0v) is 14.3. The van der Waals surface area contributed by atoms with E-state index in [1.807, 2.05) is 13.0 Å². The molecule has 2 rings (SSSR count). The number of anilines is 1. The number of carbonyl (C=O) groups excluding carboxylic acids is 2. The predicted octanol–water partition coefficient (Wildman–Crippen LogP) is 4.00. The van der Waals surface area contributed by atoms with Crippen LogP contribution in [0.25, 0.3) is 0 Å². The summed E-state index contributed by atoms with van der Waals surface area (Å²) < 4.78 is 40.4. The second-order valence-electron chi connectivity index (χ2n) is 5.90. The highest BCUT2D eigenvalue weighted by atomic mass is 35.5. The number of hydrogen-bond donors (Lipinski definition) is 1. The first-order valence-corrected chi connectivity index (χ1v) is 8.09. The molecule has 2 amide bonds. The van der Waals surface area contributed by atoms with Crippen LogP contribution in [0.4, 0.5) is 23.7 Å². The summed E-state index contributed by atoms with van der Waals surface area (Å²) >= 11 is 6.07. The Labute approximate surface area is 148 Å². The number of piperidine rings is 1. The number of ether oxygens (including phenoxy) is 1. The van der Waals surface area contributed by atoms with Crippen molar-refractivity contribution in [3.63, 3.8) is 0 Å². The van der Waals surface area contributed by atoms with E-state index in [1.165, 1.54) is 4.90 Å². The summed E-state index contributed by atoms with van der Waals surface area (Å²) in [6, 6.07) is 5.26. The van der Waals surface area contributed by atoms with E-state index in [1.54, 1.807) is 12.1 Å². The van der Waals surface area contributed by atoms with E-state index in [0.29, 0.717) is 23.6 Å². The number of aryl methyl sites for hydroxylation is 1. The molecule has 1 aliphatic heterocycles. The van der Waals surface area contributed by atoms with Crippen molar-refractivity contribution in [3.05, 3.63) is 28.8 Å². The number of hydrogen-bond acceptors (Lipinski definition) is 3. The number of nitrogens with zero attached hydrogens (tertiary/aromatic N) is 1. The van der Waals surface area contributed by atoms with Crippen LogP contribution in [0.3, 0.4) is 0 Å². The fourth-order valence-corrected chi connectivity index (χ4v) is 2.80. The first-order valence-electron chi connectivity index (χ1n) is 7.71. The van der Waals surface area contributed by atoms with Crippen molar-refractivity contribution >= 4 is 29.3 Å². The molecule has 0 aliphatic carbocycles. The molecular formula is C16H18ClF3N2O3. The van der Waals surface area contributed by atoms with Gasteiger partial charge in [0.05, 0.1) is 10.7 Å². The molecule has 1 N–H and O–H groups in total. The molecule has 138 valence electrons. The molecule has 1 aromatic carbocycles. The van der Waals surface area contributed by atoms with Gasteiger partial charge in [0.15, 0.2) is 6.61 Å². The van der Waals surface area contributed by atoms with E-state index >= 15 is 0 Å². The average molecular weight is 379 g/mol. The molecule has 9 heteroatoms. The van der Waals surface area contributed by atoms with E-state index in [2.05, 4.69) is 10.1 Å². The van der Waals surface area contributed by atoms with E-state index in [4.69, 9.17) is 11.6 Å². The van der Waals surface area contributed by atoms with Crippen molar-refractivity contribution in [1.82, 2.24) is 4.90 Å². The van der Waals surface area contributed by atoms with Crippen LogP contribution in [0, 0.1) is 12.8 Å². The van der Waals surface area contributed by atoms with E-state index in [9.17, 15) is 22.8 Å². The summed E-state index contributed by atoms with van der Waals surface area (Å²) in [5, 5.41) is 3.17. The Balaban J connectivity index is 1.83. The maximum Gasteiger partial charge on any atom is 0.422 e. The van der Waals surface area contributed by atoms with Gasteiger partial charge in [-0.15, -0.1) is 0 Å². The third-order valence-corrected chi connectivity index (χ3v) is 4.18. The first-order chi connectivity index (χ1) is 11.7. The third kappa shape index (κ3) is 5.81. The topological polar surface area (TPSA) is 58.6 Å². The van der Waals surface area contributed by atoms with Gasteiger partial charge in [0.25, 0.3) is 0 Å². The Morgan fingerprint density at radius 3 is 2.52 bits per heavy atom. The summed E-state index contributed by atoms with van der Waals surface area (Å²) in [5.41, 5.74) is 1.47. The summed E-state index contributed by atoms with van der Waals surface area (Å²) in [7, 11) is 0. The summed E-state index contributed by atoms with van der Waals surface area (Å²) in [6.07, 6.45) is -4.88. The smallest absolute Gasteiger partial charge is 0.422 e. The van der Waals surface area contributed by atoms with Crippen LogP contribution in [0.1, 0.15) is 18.4 Å². The fourth-order valence-electron chi connectivity index (χ4n) is 2.52. The predicted molar refractivity (Wildman–Crippen MR) is 86.5 cm³/mol. The van der Waals surface area contributed by atoms with Gasteiger partial charge in [0.1, 0.15) is 0 Å². The Hall–Kier alpha value is -1.96. The lowest BCUT2D eigenvalue weighted by Crippen LogP contribution is -2.42. The van der Waals surface area contributed by atoms with E-state index in [0.717, 1.165) is 5.56 Å². The second kappa shape index (κ2) is 7.95. The maximum atomic E-state index is 12.3. The molecule has 1 saturated heterocycles. The number of nitrogens with one attached hydrogen (secondary N) is 1. The maximum absolute atomic E-state index is 12.3. The van der Waals surface area contributed by atoms with E-state index in [-0.39, 0.29) is 24.9 Å². The number of halogens is 4. The second-order valence-corrected chi connectivity index (χ2v) is 6.31. The quantitative estimate of drug-likeness (QED) is 0.865. The van der Waals surface area contributed by atoms with Crippen LogP contribution in [0.5, 0.6) is 0 Å². The molecule has 0 unspecified atom stereocenters. The molecular weight excluding hydrogens is 361 g/mol. The normalized spacial score (nSPS) is 15.8. The largest absolute Gasteiger partial charge is 0.440 e. The summed E-state index contributed by atoms with van der Waals surface area (Å²) in [5.74, 6) is -0.571. The highest BCUT2D eigenvalue weighted by Crippen LogP contribution is 2.25. The van der Waals surface area contributed by atoms with Gasteiger partial charge in [-0.05, 0) is 37.5 Å². The third-order valence-electron chi connectivity index (χ3n) is 3.87. The number of carbonyl (C=O) groups is 2. The molecule has 1 fully saturated rings. The highest BCUT2D eigenvalue weighted by molar-refractivity contribution is 6.33. The van der Waals surface area contributed by atoms with Crippen molar-refractivity contribution in [1.29, 1.82) is 0 Å². The van der Waals surface area contributed by atoms with Crippen LogP contribution in [-0.4, -0.2) is 42.8 Å². The van der Waals surface area contributed by atoms with Crippen LogP contribution < -0.4 is 5.32 Å². The van der Waals surface area contributed by atoms with Crippen molar-refractivity contribution in [3.8, 4) is 0 Å². The Kier molecular flexibility index (Phi) is 6.16. The number of amides is 2. The van der Waals surface area contributed by atoms with Crippen LogP contribution in [-0.2, 0) is 9.53 Å². The number of rotatable bonds is 3. The molecule has 0 atom stereocenters. The average Bonchev–Trinajstić information content (AvgIpc) is 2.54. The monoisotopic (exact) mass is 378 g/mol. The number of likely N-dealkylation sites (tertiary alicyclic amines) is 1. The molecule has 1 aromatic rings. The van der Waals surface area contributed by atoms with Crippen LogP contribution >= 0.6 is 11.6 Å². The summed E-state index contributed by atoms with van der Waals surface area (Å²) in [4.78, 5) is 25.0. The molecule has 25 heavy (non-hydrogen) atoms. The first kappa shape index (κ1) is 19.4. The Bertz CT molecular complexity index is 644. The van der Waals surface area contributed by atoms with Gasteiger partial charge in [0.2, 0.25) is 5.91 Å². The van der Waals surface area contributed by atoms with Gasteiger partial charge < -0.3 is 15.0 Å². The van der Waals surface area contributed by atoms with Gasteiger partial charge in [-0.3, -0.25) is 4.79 Å². The molecule has 1 heterocycles. The van der Waals surface area contributed by atoms with Gasteiger partial charge >= 0.3 is 12.3 Å². The number of benzene rings is 1. The minimum atomic E-state index is -4.55. The van der Waals surface area contributed by atoms with E-state index < -0.39 is 18.9 Å². The molecule has 5 nitrogen and oxygen atoms in total.